The molecule has 1 saturated heterocycles. The van der Waals surface area contributed by atoms with E-state index >= 15 is 0 Å². The molecule has 6 nitrogen and oxygen atoms in total. The zero-order valence-corrected chi connectivity index (χ0v) is 12.3. The molecular formula is C13H20N2O4S. The maximum absolute atomic E-state index is 12.5. The first-order valence-corrected chi connectivity index (χ1v) is 8.08. The molecule has 0 bridgehead atoms. The van der Waals surface area contributed by atoms with E-state index in [9.17, 15) is 8.42 Å². The summed E-state index contributed by atoms with van der Waals surface area (Å²) in [5.41, 5.74) is 0.890. The zero-order valence-electron chi connectivity index (χ0n) is 11.4. The van der Waals surface area contributed by atoms with Crippen molar-refractivity contribution < 1.29 is 18.3 Å². The summed E-state index contributed by atoms with van der Waals surface area (Å²) in [6, 6.07) is 6.69. The molecule has 0 aromatic heterocycles. The molecule has 0 amide bonds. The molecule has 1 fully saturated rings. The number of anilines is 1. The van der Waals surface area contributed by atoms with Crippen molar-refractivity contribution in [3.05, 3.63) is 24.3 Å². The summed E-state index contributed by atoms with van der Waals surface area (Å²) >= 11 is 0. The van der Waals surface area contributed by atoms with Crippen LogP contribution in [0, 0.1) is 0 Å². The Morgan fingerprint density at radius 2 is 2.10 bits per heavy atom. The van der Waals surface area contributed by atoms with Gasteiger partial charge in [0, 0.05) is 25.3 Å². The molecule has 1 unspecified atom stereocenters. The van der Waals surface area contributed by atoms with E-state index < -0.39 is 16.1 Å². The second-order valence-corrected chi connectivity index (χ2v) is 6.53. The second-order valence-electron chi connectivity index (χ2n) is 4.59. The third-order valence-corrected chi connectivity index (χ3v) is 5.06. The van der Waals surface area contributed by atoms with Crippen LogP contribution in [0.5, 0.6) is 0 Å². The second kappa shape index (κ2) is 6.53. The number of aliphatic hydroxyl groups excluding tert-OH is 1. The number of morpholine rings is 1. The van der Waals surface area contributed by atoms with Gasteiger partial charge in [-0.15, -0.1) is 0 Å². The molecule has 1 aromatic rings. The number of hydrogen-bond acceptors (Lipinski definition) is 5. The van der Waals surface area contributed by atoms with Crippen molar-refractivity contribution in [2.24, 2.45) is 0 Å². The summed E-state index contributed by atoms with van der Waals surface area (Å²) in [4.78, 5) is 0.262. The Bertz CT molecular complexity index is 530. The maximum atomic E-state index is 12.5. The summed E-state index contributed by atoms with van der Waals surface area (Å²) in [5, 5.41) is 12.2. The minimum Gasteiger partial charge on any atom is -0.394 e. The number of hydrogen-bond donors (Lipinski definition) is 2. The highest BCUT2D eigenvalue weighted by molar-refractivity contribution is 7.89. The van der Waals surface area contributed by atoms with Gasteiger partial charge in [-0.05, 0) is 31.2 Å². The predicted octanol–water partition coefficient (Wildman–Crippen LogP) is 0.500. The summed E-state index contributed by atoms with van der Waals surface area (Å²) in [6.45, 7) is 3.40. The van der Waals surface area contributed by atoms with Crippen LogP contribution < -0.4 is 5.32 Å². The maximum Gasteiger partial charge on any atom is 0.243 e. The van der Waals surface area contributed by atoms with Crippen LogP contribution in [-0.2, 0) is 14.8 Å². The van der Waals surface area contributed by atoms with Gasteiger partial charge in [0.05, 0.1) is 24.2 Å². The van der Waals surface area contributed by atoms with Gasteiger partial charge in [0.2, 0.25) is 10.0 Å². The van der Waals surface area contributed by atoms with Gasteiger partial charge >= 0.3 is 0 Å². The van der Waals surface area contributed by atoms with Crippen LogP contribution in [0.15, 0.2) is 29.2 Å². The van der Waals surface area contributed by atoms with E-state index in [1.54, 1.807) is 24.3 Å². The average molecular weight is 300 g/mol. The van der Waals surface area contributed by atoms with Crippen LogP contribution in [0.25, 0.3) is 0 Å². The molecule has 1 aliphatic heterocycles. The minimum absolute atomic E-state index is 0.175. The normalized spacial score (nSPS) is 20.8. The van der Waals surface area contributed by atoms with E-state index in [1.165, 1.54) is 4.31 Å². The molecule has 20 heavy (non-hydrogen) atoms. The van der Waals surface area contributed by atoms with E-state index in [-0.39, 0.29) is 18.0 Å². The lowest BCUT2D eigenvalue weighted by molar-refractivity contribution is -0.0304. The van der Waals surface area contributed by atoms with Crippen LogP contribution >= 0.6 is 0 Å². The Morgan fingerprint density at radius 1 is 1.40 bits per heavy atom. The Balaban J connectivity index is 2.16. The lowest BCUT2D eigenvalue weighted by Gasteiger charge is -2.31. The predicted molar refractivity (Wildman–Crippen MR) is 76.2 cm³/mol. The number of sulfonamides is 1. The fraction of sp³-hybridized carbons (Fsp3) is 0.538. The van der Waals surface area contributed by atoms with Gasteiger partial charge in [0.1, 0.15) is 0 Å². The average Bonchev–Trinajstić information content (AvgIpc) is 2.48. The van der Waals surface area contributed by atoms with Gasteiger partial charge in [-0.3, -0.25) is 0 Å². The van der Waals surface area contributed by atoms with Crippen LogP contribution in [0.3, 0.4) is 0 Å². The highest BCUT2D eigenvalue weighted by atomic mass is 32.2. The van der Waals surface area contributed by atoms with E-state index in [1.807, 2.05) is 6.92 Å². The van der Waals surface area contributed by atoms with Crippen LogP contribution in [-0.4, -0.2) is 56.8 Å². The number of aliphatic hydroxyl groups is 1. The Labute approximate surface area is 119 Å². The number of nitrogens with one attached hydrogen (secondary N) is 1. The number of nitrogens with zero attached hydrogens (tertiary/aromatic N) is 1. The summed E-state index contributed by atoms with van der Waals surface area (Å²) in [7, 11) is -3.52. The number of ether oxygens (including phenoxy) is 1. The molecule has 7 heteroatoms. The zero-order chi connectivity index (χ0) is 14.6. The molecule has 1 aliphatic rings. The first-order valence-electron chi connectivity index (χ1n) is 6.64. The van der Waals surface area contributed by atoms with Gasteiger partial charge in [-0.25, -0.2) is 8.42 Å². The van der Waals surface area contributed by atoms with Crippen LogP contribution in [0.4, 0.5) is 5.69 Å². The molecule has 1 aromatic carbocycles. The molecule has 1 heterocycles. The van der Waals surface area contributed by atoms with E-state index in [4.69, 9.17) is 9.84 Å². The first-order chi connectivity index (χ1) is 9.57. The molecule has 0 saturated carbocycles. The first kappa shape index (κ1) is 15.2. The molecule has 112 valence electrons. The number of rotatable bonds is 5. The van der Waals surface area contributed by atoms with Crippen molar-refractivity contribution in [2.75, 3.05) is 38.2 Å². The summed E-state index contributed by atoms with van der Waals surface area (Å²) in [6.07, 6.45) is -0.445. The lowest BCUT2D eigenvalue weighted by Crippen LogP contribution is -2.46. The van der Waals surface area contributed by atoms with Crippen molar-refractivity contribution in [1.29, 1.82) is 0 Å². The molecule has 2 N–H and O–H groups in total. The molecular weight excluding hydrogens is 280 g/mol. The van der Waals surface area contributed by atoms with E-state index in [0.29, 0.717) is 13.2 Å². The molecule has 0 aliphatic carbocycles. The quantitative estimate of drug-likeness (QED) is 0.828. The Morgan fingerprint density at radius 3 is 2.70 bits per heavy atom. The van der Waals surface area contributed by atoms with Crippen molar-refractivity contribution in [1.82, 2.24) is 4.31 Å². The molecule has 0 spiro atoms. The molecule has 1 atom stereocenters. The van der Waals surface area contributed by atoms with E-state index in [0.717, 1.165) is 12.2 Å². The lowest BCUT2D eigenvalue weighted by atomic mass is 10.3. The molecule has 0 radical (unpaired) electrons. The van der Waals surface area contributed by atoms with Crippen molar-refractivity contribution in [3.63, 3.8) is 0 Å². The Hall–Kier alpha value is -1.15. The highest BCUT2D eigenvalue weighted by Crippen LogP contribution is 2.20. The van der Waals surface area contributed by atoms with Crippen molar-refractivity contribution in [2.45, 2.75) is 17.9 Å². The molecule has 2 rings (SSSR count). The van der Waals surface area contributed by atoms with Gasteiger partial charge in [-0.2, -0.15) is 4.31 Å². The smallest absolute Gasteiger partial charge is 0.243 e. The summed E-state index contributed by atoms with van der Waals surface area (Å²) in [5.74, 6) is 0. The fourth-order valence-electron chi connectivity index (χ4n) is 2.12. The topological polar surface area (TPSA) is 78.9 Å². The fourth-order valence-corrected chi connectivity index (χ4v) is 3.57. The monoisotopic (exact) mass is 300 g/mol. The third-order valence-electron chi connectivity index (χ3n) is 3.18. The largest absolute Gasteiger partial charge is 0.394 e. The minimum atomic E-state index is -3.52. The van der Waals surface area contributed by atoms with Crippen molar-refractivity contribution in [3.8, 4) is 0 Å². The van der Waals surface area contributed by atoms with Gasteiger partial charge in [0.15, 0.2) is 0 Å². The van der Waals surface area contributed by atoms with Gasteiger partial charge in [0.25, 0.3) is 0 Å². The van der Waals surface area contributed by atoms with Crippen molar-refractivity contribution >= 4 is 15.7 Å². The van der Waals surface area contributed by atoms with Gasteiger partial charge in [-0.1, -0.05) is 0 Å². The van der Waals surface area contributed by atoms with Crippen LogP contribution in [0.1, 0.15) is 6.92 Å². The standard InChI is InChI=1S/C13H20N2O4S/c1-2-14-11-3-5-13(6-4-11)20(17,18)15-7-8-19-12(9-15)10-16/h3-6,12,14,16H,2,7-10H2,1H3. The highest BCUT2D eigenvalue weighted by Gasteiger charge is 2.30. The van der Waals surface area contributed by atoms with Gasteiger partial charge < -0.3 is 15.2 Å². The van der Waals surface area contributed by atoms with E-state index in [2.05, 4.69) is 5.32 Å². The SMILES string of the molecule is CCNc1ccc(S(=O)(=O)N2CCOC(CO)C2)cc1. The number of benzene rings is 1. The van der Waals surface area contributed by atoms with Crippen LogP contribution in [0.2, 0.25) is 0 Å². The third kappa shape index (κ3) is 3.29. The summed E-state index contributed by atoms with van der Waals surface area (Å²) < 4.78 is 31.6. The Kier molecular flexibility index (Phi) is 4.98.